The van der Waals surface area contributed by atoms with E-state index in [1.165, 1.54) is 0 Å². The van der Waals surface area contributed by atoms with Crippen LogP contribution in [0.3, 0.4) is 0 Å². The third kappa shape index (κ3) is 1.72. The maximum absolute atomic E-state index is 10.9. The molecule has 3 heteroatoms. The van der Waals surface area contributed by atoms with E-state index in [0.717, 1.165) is 6.42 Å². The van der Waals surface area contributed by atoms with Crippen molar-refractivity contribution in [3.8, 4) is 0 Å². The zero-order valence-electron chi connectivity index (χ0n) is 6.50. The maximum atomic E-state index is 10.9. The van der Waals surface area contributed by atoms with Gasteiger partial charge in [0, 0.05) is 0 Å². The molecule has 0 saturated carbocycles. The zero-order chi connectivity index (χ0) is 7.78. The Labute approximate surface area is 62.5 Å². The summed E-state index contributed by atoms with van der Waals surface area (Å²) < 4.78 is 21.9. The van der Waals surface area contributed by atoms with E-state index in [4.69, 9.17) is 0 Å². The third-order valence-corrected chi connectivity index (χ3v) is 4.00. The molecule has 2 nitrogen and oxygen atoms in total. The van der Waals surface area contributed by atoms with Crippen LogP contribution in [0.4, 0.5) is 0 Å². The van der Waals surface area contributed by atoms with E-state index in [9.17, 15) is 8.42 Å². The van der Waals surface area contributed by atoms with Gasteiger partial charge in [-0.15, -0.1) is 0 Å². The molecule has 0 aromatic rings. The Balaban J connectivity index is 2.60. The third-order valence-electron chi connectivity index (χ3n) is 2.21. The summed E-state index contributed by atoms with van der Waals surface area (Å²) in [5, 5.41) is 0. The number of rotatable bonds is 1. The Morgan fingerprint density at radius 3 is 2.20 bits per heavy atom. The van der Waals surface area contributed by atoms with Gasteiger partial charge in [0.1, 0.15) is 0 Å². The average molecular weight is 162 g/mol. The highest BCUT2D eigenvalue weighted by Crippen LogP contribution is 2.24. The first kappa shape index (κ1) is 8.05. The van der Waals surface area contributed by atoms with Gasteiger partial charge in [-0.2, -0.15) is 0 Å². The van der Waals surface area contributed by atoms with Crippen molar-refractivity contribution in [2.45, 2.75) is 20.3 Å². The van der Waals surface area contributed by atoms with Crippen molar-refractivity contribution in [3.05, 3.63) is 0 Å². The maximum Gasteiger partial charge on any atom is 0.150 e. The van der Waals surface area contributed by atoms with Crippen LogP contribution in [0.1, 0.15) is 20.3 Å². The topological polar surface area (TPSA) is 34.1 Å². The summed E-state index contributed by atoms with van der Waals surface area (Å²) in [5.74, 6) is 1.78. The van der Waals surface area contributed by atoms with Gasteiger partial charge in [-0.1, -0.05) is 13.8 Å². The van der Waals surface area contributed by atoms with E-state index in [1.54, 1.807) is 0 Å². The second kappa shape index (κ2) is 2.53. The molecule has 0 aromatic carbocycles. The van der Waals surface area contributed by atoms with Crippen LogP contribution in [0.15, 0.2) is 0 Å². The summed E-state index contributed by atoms with van der Waals surface area (Å²) in [7, 11) is -2.64. The van der Waals surface area contributed by atoms with Crippen molar-refractivity contribution in [1.29, 1.82) is 0 Å². The number of sulfone groups is 1. The second-order valence-electron chi connectivity index (χ2n) is 3.41. The first-order valence-electron chi connectivity index (χ1n) is 3.72. The van der Waals surface area contributed by atoms with Gasteiger partial charge in [0.2, 0.25) is 0 Å². The van der Waals surface area contributed by atoms with E-state index in [-0.39, 0.29) is 0 Å². The lowest BCUT2D eigenvalue weighted by atomic mass is 9.96. The van der Waals surface area contributed by atoms with E-state index >= 15 is 0 Å². The van der Waals surface area contributed by atoms with Crippen molar-refractivity contribution >= 4 is 9.84 Å². The highest BCUT2D eigenvalue weighted by atomic mass is 32.2. The lowest BCUT2D eigenvalue weighted by Crippen LogP contribution is -2.10. The summed E-state index contributed by atoms with van der Waals surface area (Å²) in [6, 6.07) is 0. The molecule has 1 aliphatic heterocycles. The van der Waals surface area contributed by atoms with Gasteiger partial charge in [-0.25, -0.2) is 8.42 Å². The van der Waals surface area contributed by atoms with Crippen LogP contribution < -0.4 is 0 Å². The van der Waals surface area contributed by atoms with Gasteiger partial charge in [-0.3, -0.25) is 0 Å². The van der Waals surface area contributed by atoms with Gasteiger partial charge < -0.3 is 0 Å². The molecule has 0 aliphatic carbocycles. The quantitative estimate of drug-likeness (QED) is 0.578. The highest BCUT2D eigenvalue weighted by Gasteiger charge is 2.29. The monoisotopic (exact) mass is 162 g/mol. The Morgan fingerprint density at radius 2 is 2.00 bits per heavy atom. The Kier molecular flexibility index (Phi) is 2.04. The standard InChI is InChI=1S/C7H14O2S/c1-6(2)7-3-4-10(8,9)5-7/h6-7H,3-5H2,1-2H3/t7-/m1/s1. The van der Waals surface area contributed by atoms with E-state index in [0.29, 0.717) is 23.3 Å². The van der Waals surface area contributed by atoms with Crippen molar-refractivity contribution in [2.24, 2.45) is 11.8 Å². The molecule has 0 amide bonds. The molecule has 1 heterocycles. The predicted octanol–water partition coefficient (Wildman–Crippen LogP) is 1.08. The molecule has 0 radical (unpaired) electrons. The summed E-state index contributed by atoms with van der Waals surface area (Å²) in [6.45, 7) is 4.18. The average Bonchev–Trinajstić information content (AvgIpc) is 2.10. The van der Waals surface area contributed by atoms with Crippen molar-refractivity contribution in [2.75, 3.05) is 11.5 Å². The summed E-state index contributed by atoms with van der Waals surface area (Å²) in [5.41, 5.74) is 0. The fraction of sp³-hybridized carbons (Fsp3) is 1.00. The van der Waals surface area contributed by atoms with Crippen LogP contribution >= 0.6 is 0 Å². The van der Waals surface area contributed by atoms with E-state index < -0.39 is 9.84 Å². The first-order chi connectivity index (χ1) is 4.51. The normalized spacial score (nSPS) is 31.3. The molecular formula is C7H14O2S. The highest BCUT2D eigenvalue weighted by molar-refractivity contribution is 7.91. The minimum Gasteiger partial charge on any atom is -0.229 e. The Hall–Kier alpha value is -0.0500. The molecule has 0 aromatic heterocycles. The molecule has 1 fully saturated rings. The molecule has 1 aliphatic rings. The van der Waals surface area contributed by atoms with Crippen LogP contribution in [0.2, 0.25) is 0 Å². The zero-order valence-corrected chi connectivity index (χ0v) is 7.32. The van der Waals surface area contributed by atoms with Crippen LogP contribution in [-0.4, -0.2) is 19.9 Å². The van der Waals surface area contributed by atoms with E-state index in [1.807, 2.05) is 0 Å². The van der Waals surface area contributed by atoms with E-state index in [2.05, 4.69) is 13.8 Å². The molecule has 10 heavy (non-hydrogen) atoms. The largest absolute Gasteiger partial charge is 0.229 e. The summed E-state index contributed by atoms with van der Waals surface area (Å²) in [4.78, 5) is 0. The molecule has 0 bridgehead atoms. The smallest absolute Gasteiger partial charge is 0.150 e. The lowest BCUT2D eigenvalue weighted by molar-refractivity contribution is 0.428. The fourth-order valence-electron chi connectivity index (χ4n) is 1.35. The first-order valence-corrected chi connectivity index (χ1v) is 5.54. The molecule has 0 unspecified atom stereocenters. The van der Waals surface area contributed by atoms with Gasteiger partial charge in [0.25, 0.3) is 0 Å². The van der Waals surface area contributed by atoms with Crippen LogP contribution in [-0.2, 0) is 9.84 Å². The lowest BCUT2D eigenvalue weighted by Gasteiger charge is -2.10. The van der Waals surface area contributed by atoms with Crippen molar-refractivity contribution < 1.29 is 8.42 Å². The molecule has 60 valence electrons. The molecular weight excluding hydrogens is 148 g/mol. The van der Waals surface area contributed by atoms with Crippen molar-refractivity contribution in [3.63, 3.8) is 0 Å². The van der Waals surface area contributed by atoms with Gasteiger partial charge in [0.05, 0.1) is 11.5 Å². The molecule has 1 saturated heterocycles. The van der Waals surface area contributed by atoms with Crippen LogP contribution in [0.25, 0.3) is 0 Å². The fourth-order valence-corrected chi connectivity index (χ4v) is 3.38. The minimum atomic E-state index is -2.64. The van der Waals surface area contributed by atoms with Gasteiger partial charge in [0.15, 0.2) is 9.84 Å². The summed E-state index contributed by atoms with van der Waals surface area (Å²) >= 11 is 0. The van der Waals surface area contributed by atoms with Crippen LogP contribution in [0.5, 0.6) is 0 Å². The van der Waals surface area contributed by atoms with Gasteiger partial charge >= 0.3 is 0 Å². The Bertz CT molecular complexity index is 204. The Morgan fingerprint density at radius 1 is 1.40 bits per heavy atom. The number of hydrogen-bond acceptors (Lipinski definition) is 2. The van der Waals surface area contributed by atoms with Gasteiger partial charge in [-0.05, 0) is 18.3 Å². The van der Waals surface area contributed by atoms with Crippen LogP contribution in [0, 0.1) is 11.8 Å². The molecule has 0 spiro atoms. The SMILES string of the molecule is CC(C)[C@@H]1CCS(=O)(=O)C1. The summed E-state index contributed by atoms with van der Waals surface area (Å²) in [6.07, 6.45) is 0.875. The second-order valence-corrected chi connectivity index (χ2v) is 5.64. The molecule has 1 atom stereocenters. The molecule has 1 rings (SSSR count). The minimum absolute atomic E-state index is 0.413. The molecule has 0 N–H and O–H groups in total. The number of hydrogen-bond donors (Lipinski definition) is 0. The predicted molar refractivity (Wildman–Crippen MR) is 41.6 cm³/mol. The van der Waals surface area contributed by atoms with Crippen molar-refractivity contribution in [1.82, 2.24) is 0 Å².